The predicted molar refractivity (Wildman–Crippen MR) is 65.1 cm³/mol. The zero-order chi connectivity index (χ0) is 16.4. The fourth-order valence-corrected chi connectivity index (χ4v) is 2.30. The summed E-state index contributed by atoms with van der Waals surface area (Å²) in [6.07, 6.45) is 0.245. The molecule has 0 amide bonds. The van der Waals surface area contributed by atoms with Gasteiger partial charge in [0.1, 0.15) is 5.69 Å². The Kier molecular flexibility index (Phi) is 5.48. The molecular formula is C10H12F5N3O2S. The van der Waals surface area contributed by atoms with Crippen molar-refractivity contribution in [3.63, 3.8) is 0 Å². The number of halogens is 5. The summed E-state index contributed by atoms with van der Waals surface area (Å²) in [7, 11) is -3.43. The van der Waals surface area contributed by atoms with E-state index in [-0.39, 0.29) is 19.5 Å². The third-order valence-corrected chi connectivity index (χ3v) is 3.99. The Morgan fingerprint density at radius 3 is 1.86 bits per heavy atom. The summed E-state index contributed by atoms with van der Waals surface area (Å²) in [5, 5.41) is 0. The number of nitrogens with one attached hydrogen (secondary N) is 1. The first kappa shape index (κ1) is 17.6. The average Bonchev–Trinajstić information content (AvgIpc) is 2.45. The Morgan fingerprint density at radius 2 is 1.43 bits per heavy atom. The maximum absolute atomic E-state index is 13.4. The van der Waals surface area contributed by atoms with Gasteiger partial charge in [-0.3, -0.25) is 4.72 Å². The van der Waals surface area contributed by atoms with Crippen LogP contribution in [0.1, 0.15) is 6.42 Å². The van der Waals surface area contributed by atoms with E-state index in [9.17, 15) is 30.4 Å². The van der Waals surface area contributed by atoms with Crippen molar-refractivity contribution in [2.24, 2.45) is 5.73 Å². The smallest absolute Gasteiger partial charge is 0.301 e. The summed E-state index contributed by atoms with van der Waals surface area (Å²) in [5.74, 6) is -11.4. The largest absolute Gasteiger partial charge is 0.330 e. The lowest BCUT2D eigenvalue weighted by Gasteiger charge is -2.18. The lowest BCUT2D eigenvalue weighted by Crippen LogP contribution is -2.34. The molecular weight excluding hydrogens is 321 g/mol. The van der Waals surface area contributed by atoms with E-state index >= 15 is 0 Å². The summed E-state index contributed by atoms with van der Waals surface area (Å²) in [6.45, 7) is 0.0591. The molecule has 0 aliphatic heterocycles. The number of anilines is 1. The lowest BCUT2D eigenvalue weighted by molar-refractivity contribution is 0.381. The average molecular weight is 333 g/mol. The highest BCUT2D eigenvalue weighted by Gasteiger charge is 2.29. The minimum absolute atomic E-state index is 0.0960. The van der Waals surface area contributed by atoms with E-state index in [1.54, 1.807) is 0 Å². The van der Waals surface area contributed by atoms with Gasteiger partial charge in [-0.25, -0.2) is 22.0 Å². The molecule has 0 atom stereocenters. The Labute approximate surface area is 117 Å². The Morgan fingerprint density at radius 1 is 1.00 bits per heavy atom. The van der Waals surface area contributed by atoms with E-state index < -0.39 is 45.0 Å². The van der Waals surface area contributed by atoms with Crippen LogP contribution in [0.3, 0.4) is 0 Å². The second kappa shape index (κ2) is 6.54. The molecule has 3 N–H and O–H groups in total. The second-order valence-corrected chi connectivity index (χ2v) is 5.79. The molecule has 1 aromatic rings. The summed E-state index contributed by atoms with van der Waals surface area (Å²) in [4.78, 5) is 0. The highest BCUT2D eigenvalue weighted by Crippen LogP contribution is 2.28. The molecule has 0 aliphatic carbocycles. The molecule has 0 saturated carbocycles. The normalized spacial score (nSPS) is 12.0. The van der Waals surface area contributed by atoms with Gasteiger partial charge >= 0.3 is 10.2 Å². The van der Waals surface area contributed by atoms with Crippen LogP contribution in [0.5, 0.6) is 0 Å². The molecule has 21 heavy (non-hydrogen) atoms. The van der Waals surface area contributed by atoms with Crippen molar-refractivity contribution in [3.8, 4) is 0 Å². The van der Waals surface area contributed by atoms with Crippen molar-refractivity contribution in [2.45, 2.75) is 6.42 Å². The quantitative estimate of drug-likeness (QED) is 0.468. The zero-order valence-corrected chi connectivity index (χ0v) is 11.6. The van der Waals surface area contributed by atoms with E-state index in [1.807, 2.05) is 0 Å². The monoisotopic (exact) mass is 333 g/mol. The van der Waals surface area contributed by atoms with Crippen LogP contribution in [0.25, 0.3) is 0 Å². The van der Waals surface area contributed by atoms with Crippen molar-refractivity contribution in [1.82, 2.24) is 4.31 Å². The van der Waals surface area contributed by atoms with Gasteiger partial charge in [0, 0.05) is 13.6 Å². The first-order valence-electron chi connectivity index (χ1n) is 5.59. The molecule has 1 rings (SSSR count). The Bertz CT molecular complexity index is 609. The molecule has 5 nitrogen and oxygen atoms in total. The maximum atomic E-state index is 13.4. The molecule has 0 bridgehead atoms. The summed E-state index contributed by atoms with van der Waals surface area (Å²) in [6, 6.07) is 0. The molecule has 0 heterocycles. The molecule has 0 fully saturated rings. The van der Waals surface area contributed by atoms with E-state index in [0.717, 1.165) is 7.05 Å². The van der Waals surface area contributed by atoms with Crippen LogP contribution in [-0.2, 0) is 10.2 Å². The Hall–Kier alpha value is -1.46. The molecule has 0 aromatic heterocycles. The number of hydrogen-bond acceptors (Lipinski definition) is 3. The molecule has 120 valence electrons. The fraction of sp³-hybridized carbons (Fsp3) is 0.400. The van der Waals surface area contributed by atoms with Gasteiger partial charge < -0.3 is 5.73 Å². The molecule has 0 aliphatic rings. The van der Waals surface area contributed by atoms with E-state index in [4.69, 9.17) is 5.73 Å². The van der Waals surface area contributed by atoms with E-state index in [1.165, 1.54) is 4.72 Å². The maximum Gasteiger partial charge on any atom is 0.301 e. The van der Waals surface area contributed by atoms with Crippen LogP contribution in [0.4, 0.5) is 27.6 Å². The van der Waals surface area contributed by atoms with Crippen molar-refractivity contribution in [3.05, 3.63) is 29.1 Å². The summed E-state index contributed by atoms with van der Waals surface area (Å²) >= 11 is 0. The van der Waals surface area contributed by atoms with Gasteiger partial charge in [-0.05, 0) is 13.0 Å². The van der Waals surface area contributed by atoms with Crippen molar-refractivity contribution in [2.75, 3.05) is 24.9 Å². The van der Waals surface area contributed by atoms with E-state index in [0.29, 0.717) is 4.31 Å². The fourth-order valence-electron chi connectivity index (χ4n) is 1.34. The number of rotatable bonds is 6. The third-order valence-electron chi connectivity index (χ3n) is 2.53. The summed E-state index contributed by atoms with van der Waals surface area (Å²) < 4.78 is 90.9. The number of nitrogens with zero attached hydrogens (tertiary/aromatic N) is 1. The zero-order valence-electron chi connectivity index (χ0n) is 10.8. The molecule has 0 radical (unpaired) electrons. The van der Waals surface area contributed by atoms with Crippen molar-refractivity contribution < 1.29 is 30.4 Å². The first-order valence-corrected chi connectivity index (χ1v) is 7.03. The van der Waals surface area contributed by atoms with Gasteiger partial charge in [-0.15, -0.1) is 0 Å². The molecule has 0 saturated heterocycles. The number of nitrogens with two attached hydrogens (primary N) is 1. The van der Waals surface area contributed by atoms with Gasteiger partial charge in [0.15, 0.2) is 23.3 Å². The van der Waals surface area contributed by atoms with Gasteiger partial charge in [0.05, 0.1) is 0 Å². The summed E-state index contributed by atoms with van der Waals surface area (Å²) in [5.41, 5.74) is 3.54. The topological polar surface area (TPSA) is 75.4 Å². The molecule has 0 spiro atoms. The van der Waals surface area contributed by atoms with Gasteiger partial charge in [0.2, 0.25) is 5.82 Å². The molecule has 11 heteroatoms. The molecule has 1 aromatic carbocycles. The van der Waals surface area contributed by atoms with Gasteiger partial charge in [-0.1, -0.05) is 0 Å². The third kappa shape index (κ3) is 3.60. The van der Waals surface area contributed by atoms with Gasteiger partial charge in [-0.2, -0.15) is 12.7 Å². The standard InChI is InChI=1S/C10H12F5N3O2S/c1-18(4-2-3-16)21(19,20)17-10-8(14)6(12)5(11)7(13)9(10)15/h17H,2-4,16H2,1H3. The predicted octanol–water partition coefficient (Wildman–Crippen LogP) is 1.32. The van der Waals surface area contributed by atoms with Crippen LogP contribution in [0, 0.1) is 29.1 Å². The highest BCUT2D eigenvalue weighted by atomic mass is 32.2. The minimum Gasteiger partial charge on any atom is -0.330 e. The van der Waals surface area contributed by atoms with Crippen LogP contribution >= 0.6 is 0 Å². The van der Waals surface area contributed by atoms with Crippen LogP contribution in [-0.4, -0.2) is 32.9 Å². The van der Waals surface area contributed by atoms with Crippen molar-refractivity contribution >= 4 is 15.9 Å². The van der Waals surface area contributed by atoms with Crippen LogP contribution in [0.2, 0.25) is 0 Å². The van der Waals surface area contributed by atoms with Crippen LogP contribution in [0.15, 0.2) is 0 Å². The first-order chi connectivity index (χ1) is 9.63. The molecule has 0 unspecified atom stereocenters. The second-order valence-electron chi connectivity index (χ2n) is 4.02. The minimum atomic E-state index is -4.48. The lowest BCUT2D eigenvalue weighted by atomic mass is 10.2. The number of hydrogen-bond donors (Lipinski definition) is 2. The van der Waals surface area contributed by atoms with Crippen LogP contribution < -0.4 is 10.5 Å². The van der Waals surface area contributed by atoms with Crippen molar-refractivity contribution in [1.29, 1.82) is 0 Å². The van der Waals surface area contributed by atoms with E-state index in [2.05, 4.69) is 0 Å². The van der Waals surface area contributed by atoms with Gasteiger partial charge in [0.25, 0.3) is 0 Å². The number of benzene rings is 1. The highest BCUT2D eigenvalue weighted by molar-refractivity contribution is 7.90. The Balaban J connectivity index is 3.20. The SMILES string of the molecule is CN(CCCN)S(=O)(=O)Nc1c(F)c(F)c(F)c(F)c1F.